The average Bonchev–Trinajstić information content (AvgIpc) is 3.42. The number of rotatable bonds is 14. The van der Waals surface area contributed by atoms with Crippen molar-refractivity contribution in [1.82, 2.24) is 4.90 Å². The molecule has 5 aromatic rings. The summed E-state index contributed by atoms with van der Waals surface area (Å²) in [6, 6.07) is 44.7. The fraction of sp³-hybridized carbons (Fsp3) is 0.195. The number of hydrogen-bond donors (Lipinski definition) is 0. The van der Waals surface area contributed by atoms with Gasteiger partial charge in [0.2, 0.25) is 5.91 Å². The Morgan fingerprint density at radius 2 is 1.20 bits per heavy atom. The van der Waals surface area contributed by atoms with Crippen LogP contribution in [0.3, 0.4) is 0 Å². The van der Waals surface area contributed by atoms with Crippen LogP contribution in [0.1, 0.15) is 41.7 Å². The Morgan fingerprint density at radius 1 is 0.694 bits per heavy atom. The highest BCUT2D eigenvalue weighted by molar-refractivity contribution is 8.15. The van der Waals surface area contributed by atoms with Crippen molar-refractivity contribution in [2.75, 3.05) is 19.8 Å². The van der Waals surface area contributed by atoms with Crippen molar-refractivity contribution in [2.45, 2.75) is 31.1 Å². The number of hydrogen-bond acceptors (Lipinski definition) is 7. The van der Waals surface area contributed by atoms with Gasteiger partial charge in [-0.05, 0) is 84.5 Å². The smallest absolute Gasteiger partial charge is 0.290 e. The molecule has 0 radical (unpaired) electrons. The molecule has 1 aliphatic rings. The highest BCUT2D eigenvalue weighted by Gasteiger charge is 2.53. The molecule has 1 atom stereocenters. The molecule has 0 bridgehead atoms. The predicted molar refractivity (Wildman–Crippen MR) is 194 cm³/mol. The molecular weight excluding hydrogens is 633 g/mol. The minimum Gasteiger partial charge on any atom is -0.494 e. The lowest BCUT2D eigenvalue weighted by Gasteiger charge is -2.42. The van der Waals surface area contributed by atoms with Gasteiger partial charge >= 0.3 is 0 Å². The Balaban J connectivity index is 1.12. The van der Waals surface area contributed by atoms with E-state index in [2.05, 4.69) is 5.16 Å². The van der Waals surface area contributed by atoms with E-state index in [4.69, 9.17) is 14.3 Å². The second kappa shape index (κ2) is 15.7. The molecule has 0 saturated carbocycles. The van der Waals surface area contributed by atoms with Gasteiger partial charge in [0.25, 0.3) is 5.24 Å². The predicted octanol–water partition coefficient (Wildman–Crippen LogP) is 8.50. The number of amides is 2. The third-order valence-corrected chi connectivity index (χ3v) is 9.44. The van der Waals surface area contributed by atoms with E-state index in [1.165, 1.54) is 4.90 Å². The van der Waals surface area contributed by atoms with Gasteiger partial charge in [-0.15, -0.1) is 0 Å². The van der Waals surface area contributed by atoms with Gasteiger partial charge in [0.05, 0.1) is 17.6 Å². The van der Waals surface area contributed by atoms with Gasteiger partial charge in [-0.3, -0.25) is 14.5 Å². The molecule has 2 amide bonds. The minimum absolute atomic E-state index is 0.217. The molecule has 49 heavy (non-hydrogen) atoms. The first-order valence-corrected chi connectivity index (χ1v) is 17.2. The normalized spacial score (nSPS) is 14.9. The fourth-order valence-electron chi connectivity index (χ4n) is 6.10. The van der Waals surface area contributed by atoms with Crippen molar-refractivity contribution in [3.63, 3.8) is 0 Å². The molecule has 1 heterocycles. The maximum Gasteiger partial charge on any atom is 0.290 e. The zero-order valence-corrected chi connectivity index (χ0v) is 28.3. The second-order valence-electron chi connectivity index (χ2n) is 11.5. The molecule has 0 aliphatic carbocycles. The van der Waals surface area contributed by atoms with Crippen LogP contribution in [0.25, 0.3) is 0 Å². The molecule has 1 saturated heterocycles. The lowest BCUT2D eigenvalue weighted by Crippen LogP contribution is -2.51. The number of thioether (sulfide) groups is 1. The quantitative estimate of drug-likeness (QED) is 0.0511. The largest absolute Gasteiger partial charge is 0.494 e. The Hall–Kier alpha value is -5.34. The average molecular weight is 671 g/mol. The zero-order chi connectivity index (χ0) is 34.1. The molecule has 6 rings (SSSR count). The van der Waals surface area contributed by atoms with Crippen molar-refractivity contribution in [2.24, 2.45) is 5.16 Å². The lowest BCUT2D eigenvalue weighted by molar-refractivity contribution is -0.129. The van der Waals surface area contributed by atoms with Gasteiger partial charge in [0.1, 0.15) is 23.6 Å². The molecule has 1 fully saturated rings. The highest BCUT2D eigenvalue weighted by atomic mass is 32.2. The van der Waals surface area contributed by atoms with Crippen LogP contribution in [0.5, 0.6) is 11.5 Å². The standard InChI is InChI=1S/C41H38N2O5S/c1-3-46-36-25-21-32(22-26-36)30(2)42-48-28-27-47-37-23-19-31(20-24-37)29-38-39(44)43(40(45)49-38)41(33-13-7-4-8-14-33,34-15-9-5-10-16-34)35-17-11-6-12-18-35/h4-26,38H,3,27-29H2,1-2H3/b42-30-. The maximum atomic E-state index is 14.4. The molecule has 5 aromatic carbocycles. The first kappa shape index (κ1) is 33.6. The van der Waals surface area contributed by atoms with Crippen molar-refractivity contribution >= 4 is 28.6 Å². The summed E-state index contributed by atoms with van der Waals surface area (Å²) in [6.07, 6.45) is 0.406. The van der Waals surface area contributed by atoms with Crippen LogP contribution >= 0.6 is 11.8 Å². The summed E-state index contributed by atoms with van der Waals surface area (Å²) < 4.78 is 11.4. The molecule has 0 spiro atoms. The number of benzene rings is 5. The number of imide groups is 1. The molecule has 1 unspecified atom stereocenters. The van der Waals surface area contributed by atoms with Gasteiger partial charge in [-0.2, -0.15) is 0 Å². The van der Waals surface area contributed by atoms with Crippen molar-refractivity contribution in [3.05, 3.63) is 167 Å². The highest BCUT2D eigenvalue weighted by Crippen LogP contribution is 2.47. The SMILES string of the molecule is CCOc1ccc(/C(C)=N\OCCOc2ccc(CC3SC(=O)N(C(c4ccccc4)(c4ccccc4)c4ccccc4)C3=O)cc2)cc1. The van der Waals surface area contributed by atoms with E-state index in [1.54, 1.807) is 0 Å². The van der Waals surface area contributed by atoms with Crippen LogP contribution in [-0.4, -0.2) is 46.8 Å². The number of oxime groups is 1. The summed E-state index contributed by atoms with van der Waals surface area (Å²) in [6.45, 7) is 5.07. The van der Waals surface area contributed by atoms with Gasteiger partial charge in [-0.25, -0.2) is 0 Å². The Morgan fingerprint density at radius 3 is 1.73 bits per heavy atom. The molecule has 248 valence electrons. The van der Waals surface area contributed by atoms with Crippen LogP contribution in [-0.2, 0) is 21.6 Å². The summed E-state index contributed by atoms with van der Waals surface area (Å²) in [5.74, 6) is 1.28. The number of carbonyl (C=O) groups is 2. The van der Waals surface area contributed by atoms with Crippen molar-refractivity contribution < 1.29 is 23.9 Å². The zero-order valence-electron chi connectivity index (χ0n) is 27.5. The van der Waals surface area contributed by atoms with E-state index in [-0.39, 0.29) is 17.8 Å². The van der Waals surface area contributed by atoms with E-state index >= 15 is 0 Å². The van der Waals surface area contributed by atoms with Crippen LogP contribution in [0.15, 0.2) is 145 Å². The van der Waals surface area contributed by atoms with Crippen LogP contribution < -0.4 is 9.47 Å². The van der Waals surface area contributed by atoms with E-state index in [9.17, 15) is 9.59 Å². The molecule has 0 aromatic heterocycles. The van der Waals surface area contributed by atoms with E-state index in [1.807, 2.05) is 153 Å². The van der Waals surface area contributed by atoms with Crippen LogP contribution in [0.4, 0.5) is 4.79 Å². The summed E-state index contributed by atoms with van der Waals surface area (Å²) in [7, 11) is 0. The van der Waals surface area contributed by atoms with E-state index in [0.29, 0.717) is 25.4 Å². The third-order valence-electron chi connectivity index (χ3n) is 8.40. The molecule has 1 aliphatic heterocycles. The minimum atomic E-state index is -1.13. The maximum absolute atomic E-state index is 14.4. The van der Waals surface area contributed by atoms with Gasteiger partial charge < -0.3 is 14.3 Å². The third kappa shape index (κ3) is 7.39. The van der Waals surface area contributed by atoms with E-state index in [0.717, 1.165) is 51.0 Å². The first-order chi connectivity index (χ1) is 24.0. The van der Waals surface area contributed by atoms with Crippen LogP contribution in [0, 0.1) is 0 Å². The van der Waals surface area contributed by atoms with Crippen molar-refractivity contribution in [1.29, 1.82) is 0 Å². The summed E-state index contributed by atoms with van der Waals surface area (Å²) in [5.41, 5.74) is 4.06. The fourth-order valence-corrected chi connectivity index (χ4v) is 7.16. The van der Waals surface area contributed by atoms with Crippen molar-refractivity contribution in [3.8, 4) is 11.5 Å². The molecular formula is C41H38N2O5S. The molecule has 0 N–H and O–H groups in total. The van der Waals surface area contributed by atoms with Gasteiger partial charge in [0.15, 0.2) is 6.61 Å². The lowest BCUT2D eigenvalue weighted by atomic mass is 9.75. The Kier molecular flexibility index (Phi) is 10.8. The van der Waals surface area contributed by atoms with Crippen LogP contribution in [0.2, 0.25) is 0 Å². The molecule has 8 heteroatoms. The Bertz CT molecular complexity index is 1770. The number of carbonyl (C=O) groups excluding carboxylic acids is 2. The molecule has 7 nitrogen and oxygen atoms in total. The Labute approximate surface area is 291 Å². The number of ether oxygens (including phenoxy) is 2. The first-order valence-electron chi connectivity index (χ1n) is 16.3. The monoisotopic (exact) mass is 670 g/mol. The summed E-state index contributed by atoms with van der Waals surface area (Å²) in [5, 5.41) is 3.36. The van der Waals surface area contributed by atoms with Gasteiger partial charge in [-0.1, -0.05) is 120 Å². The number of nitrogens with zero attached hydrogens (tertiary/aromatic N) is 2. The topological polar surface area (TPSA) is 77.4 Å². The summed E-state index contributed by atoms with van der Waals surface area (Å²) in [4.78, 5) is 35.3. The van der Waals surface area contributed by atoms with E-state index < -0.39 is 10.8 Å². The van der Waals surface area contributed by atoms with Gasteiger partial charge in [0, 0.05) is 0 Å². The summed E-state index contributed by atoms with van der Waals surface area (Å²) >= 11 is 1.09. The second-order valence-corrected chi connectivity index (χ2v) is 12.7.